The van der Waals surface area contributed by atoms with Gasteiger partial charge in [0.25, 0.3) is 5.56 Å². The van der Waals surface area contributed by atoms with Crippen molar-refractivity contribution in [3.8, 4) is 17.0 Å². The number of halogens is 4. The molecule has 0 saturated heterocycles. The van der Waals surface area contributed by atoms with E-state index in [1.54, 1.807) is 30.3 Å². The summed E-state index contributed by atoms with van der Waals surface area (Å²) in [6, 6.07) is 10.6. The van der Waals surface area contributed by atoms with Gasteiger partial charge in [-0.15, -0.1) is 0 Å². The van der Waals surface area contributed by atoms with Gasteiger partial charge in [-0.1, -0.05) is 0 Å². The highest BCUT2D eigenvalue weighted by Crippen LogP contribution is 2.25. The van der Waals surface area contributed by atoms with Crippen LogP contribution >= 0.6 is 22.6 Å². The number of ether oxygens (including phenoxy) is 1. The first-order valence-corrected chi connectivity index (χ1v) is 8.86. The van der Waals surface area contributed by atoms with Gasteiger partial charge >= 0.3 is 3.93 Å². The third-order valence-electron chi connectivity index (χ3n) is 3.51. The summed E-state index contributed by atoms with van der Waals surface area (Å²) in [5, 5.41) is 4.27. The molecular formula is C18H13F3IN3O2. The molecule has 3 rings (SSSR count). The van der Waals surface area contributed by atoms with Crippen LogP contribution in [0.2, 0.25) is 0 Å². The Morgan fingerprint density at radius 3 is 2.52 bits per heavy atom. The number of nitrogens with zero attached hydrogens (tertiary/aromatic N) is 3. The standard InChI is InChI=1S/C18H13F3IN3O2/c19-14-7-12(8-23-9-14)10-25-17(26)6-5-16(24-25)13-1-3-15(4-2-13)27-11-18(20,21)22/h1-9H,10-11H2. The summed E-state index contributed by atoms with van der Waals surface area (Å²) in [5.74, 6) is -0.196. The fourth-order valence-electron chi connectivity index (χ4n) is 2.32. The van der Waals surface area contributed by atoms with Crippen LogP contribution in [0.1, 0.15) is 5.56 Å². The second-order valence-electron chi connectivity index (χ2n) is 5.65. The third-order valence-corrected chi connectivity index (χ3v) is 3.82. The quantitative estimate of drug-likeness (QED) is 0.391. The first-order valence-electron chi connectivity index (χ1n) is 7.78. The Bertz CT molecular complexity index is 988. The molecule has 0 fully saturated rings. The summed E-state index contributed by atoms with van der Waals surface area (Å²) in [6.07, 6.45) is 2.53. The fourth-order valence-corrected chi connectivity index (χ4v) is 2.47. The zero-order chi connectivity index (χ0) is 19.4. The largest absolute Gasteiger partial charge is 0.486 e. The van der Waals surface area contributed by atoms with E-state index in [-0.39, 0.29) is 12.1 Å². The monoisotopic (exact) mass is 487 g/mol. The van der Waals surface area contributed by atoms with Crippen molar-refractivity contribution in [1.29, 1.82) is 0 Å². The third kappa shape index (κ3) is 5.52. The Hall–Kier alpha value is -2.43. The second-order valence-corrected chi connectivity index (χ2v) is 7.23. The van der Waals surface area contributed by atoms with Crippen LogP contribution in [0.5, 0.6) is 5.75 Å². The molecule has 2 heterocycles. The SMILES string of the molecule is O=c1ccc(-c2ccc(OCC(F)(F)I)cc2)nn1Cc1cncc(F)c1. The topological polar surface area (TPSA) is 57.0 Å². The molecule has 0 amide bonds. The molecule has 0 atom stereocenters. The van der Waals surface area contributed by atoms with Gasteiger partial charge in [-0.3, -0.25) is 9.78 Å². The van der Waals surface area contributed by atoms with E-state index in [0.717, 1.165) is 28.8 Å². The number of aromatic nitrogens is 3. The number of pyridine rings is 1. The lowest BCUT2D eigenvalue weighted by atomic mass is 10.1. The van der Waals surface area contributed by atoms with Gasteiger partial charge in [-0.25, -0.2) is 9.07 Å². The molecular weight excluding hydrogens is 474 g/mol. The van der Waals surface area contributed by atoms with Crippen LogP contribution in [0, 0.1) is 5.82 Å². The Kier molecular flexibility index (Phi) is 5.78. The van der Waals surface area contributed by atoms with Gasteiger partial charge in [0.15, 0.2) is 6.61 Å². The van der Waals surface area contributed by atoms with E-state index < -0.39 is 16.4 Å². The van der Waals surface area contributed by atoms with Gasteiger partial charge in [-0.2, -0.15) is 13.9 Å². The van der Waals surface area contributed by atoms with Crippen molar-refractivity contribution in [3.63, 3.8) is 0 Å². The molecule has 5 nitrogen and oxygen atoms in total. The molecule has 0 N–H and O–H groups in total. The van der Waals surface area contributed by atoms with Crippen LogP contribution in [0.15, 0.2) is 59.7 Å². The maximum Gasteiger partial charge on any atom is 0.329 e. The van der Waals surface area contributed by atoms with Gasteiger partial charge in [-0.05, 0) is 42.0 Å². The molecule has 9 heteroatoms. The maximum absolute atomic E-state index is 13.3. The molecule has 27 heavy (non-hydrogen) atoms. The summed E-state index contributed by atoms with van der Waals surface area (Å²) in [7, 11) is 0. The van der Waals surface area contributed by atoms with Crippen LogP contribution in [-0.2, 0) is 6.54 Å². The molecule has 1 aromatic carbocycles. The maximum atomic E-state index is 13.3. The number of rotatable bonds is 6. The first-order chi connectivity index (χ1) is 12.8. The Labute approximate surface area is 166 Å². The van der Waals surface area contributed by atoms with Crippen LogP contribution in [0.3, 0.4) is 0 Å². The van der Waals surface area contributed by atoms with E-state index in [2.05, 4.69) is 10.1 Å². The van der Waals surface area contributed by atoms with Gasteiger partial charge in [0.05, 0.1) is 18.4 Å². The Morgan fingerprint density at radius 1 is 1.11 bits per heavy atom. The summed E-state index contributed by atoms with van der Waals surface area (Å²) in [5.41, 5.74) is 1.34. The first kappa shape index (κ1) is 19.3. The molecule has 0 bridgehead atoms. The van der Waals surface area contributed by atoms with E-state index in [0.29, 0.717) is 22.6 Å². The van der Waals surface area contributed by atoms with E-state index in [9.17, 15) is 18.0 Å². The lowest BCUT2D eigenvalue weighted by molar-refractivity contribution is 0.0647. The molecule has 0 radical (unpaired) electrons. The minimum absolute atomic E-state index is 0.0728. The zero-order valence-electron chi connectivity index (χ0n) is 13.8. The lowest BCUT2D eigenvalue weighted by Gasteiger charge is -2.11. The predicted octanol–water partition coefficient (Wildman–Crippen LogP) is 3.90. The zero-order valence-corrected chi connectivity index (χ0v) is 15.9. The van der Waals surface area contributed by atoms with Crippen LogP contribution < -0.4 is 10.3 Å². The Morgan fingerprint density at radius 2 is 1.85 bits per heavy atom. The van der Waals surface area contributed by atoms with E-state index in [1.165, 1.54) is 23.0 Å². The highest BCUT2D eigenvalue weighted by molar-refractivity contribution is 14.1. The summed E-state index contributed by atoms with van der Waals surface area (Å²) in [6.45, 7) is -0.652. The van der Waals surface area contributed by atoms with Crippen molar-refractivity contribution < 1.29 is 17.9 Å². The number of hydrogen-bond acceptors (Lipinski definition) is 4. The number of hydrogen-bond donors (Lipinski definition) is 0. The number of benzene rings is 1. The molecule has 3 aromatic rings. The average Bonchev–Trinajstić information content (AvgIpc) is 2.62. The van der Waals surface area contributed by atoms with Gasteiger partial charge < -0.3 is 4.74 Å². The summed E-state index contributed by atoms with van der Waals surface area (Å²) < 4.78 is 42.2. The van der Waals surface area contributed by atoms with Gasteiger partial charge in [0.1, 0.15) is 11.6 Å². The molecule has 0 aliphatic carbocycles. The molecule has 140 valence electrons. The van der Waals surface area contributed by atoms with Crippen molar-refractivity contribution in [2.75, 3.05) is 6.61 Å². The molecule has 2 aromatic heterocycles. The van der Waals surface area contributed by atoms with E-state index in [4.69, 9.17) is 4.74 Å². The van der Waals surface area contributed by atoms with E-state index >= 15 is 0 Å². The van der Waals surface area contributed by atoms with Crippen molar-refractivity contribution in [2.24, 2.45) is 0 Å². The van der Waals surface area contributed by atoms with Gasteiger partial charge in [0.2, 0.25) is 0 Å². The minimum Gasteiger partial charge on any atom is -0.486 e. The molecule has 0 aliphatic rings. The molecule has 0 unspecified atom stereocenters. The average molecular weight is 487 g/mol. The van der Waals surface area contributed by atoms with Crippen LogP contribution in [0.4, 0.5) is 13.2 Å². The molecule has 0 aliphatic heterocycles. The van der Waals surface area contributed by atoms with Crippen molar-refractivity contribution >= 4 is 22.6 Å². The minimum atomic E-state index is -2.95. The second kappa shape index (κ2) is 8.07. The predicted molar refractivity (Wildman–Crippen MR) is 102 cm³/mol. The normalized spacial score (nSPS) is 11.4. The lowest BCUT2D eigenvalue weighted by Crippen LogP contribution is -2.23. The van der Waals surface area contributed by atoms with Crippen molar-refractivity contribution in [1.82, 2.24) is 14.8 Å². The Balaban J connectivity index is 1.80. The highest BCUT2D eigenvalue weighted by atomic mass is 127. The summed E-state index contributed by atoms with van der Waals surface area (Å²) >= 11 is 1.01. The summed E-state index contributed by atoms with van der Waals surface area (Å²) in [4.78, 5) is 15.8. The fraction of sp³-hybridized carbons (Fsp3) is 0.167. The molecule has 0 spiro atoms. The smallest absolute Gasteiger partial charge is 0.329 e. The number of alkyl halides is 3. The molecule has 0 saturated carbocycles. The van der Waals surface area contributed by atoms with Crippen LogP contribution in [0.25, 0.3) is 11.3 Å². The van der Waals surface area contributed by atoms with Crippen molar-refractivity contribution in [3.05, 3.63) is 76.6 Å². The van der Waals surface area contributed by atoms with Gasteiger partial charge in [0, 0.05) is 40.4 Å². The van der Waals surface area contributed by atoms with E-state index in [1.807, 2.05) is 0 Å². The van der Waals surface area contributed by atoms with Crippen LogP contribution in [-0.4, -0.2) is 25.3 Å². The highest BCUT2D eigenvalue weighted by Gasteiger charge is 2.24. The van der Waals surface area contributed by atoms with Crippen molar-refractivity contribution in [2.45, 2.75) is 10.5 Å².